The van der Waals surface area contributed by atoms with Crippen molar-refractivity contribution in [1.29, 1.82) is 0 Å². The largest absolute Gasteiger partial charge is 0.463 e. The molecule has 0 N–H and O–H groups in total. The van der Waals surface area contributed by atoms with Gasteiger partial charge in [0.15, 0.2) is 0 Å². The van der Waals surface area contributed by atoms with Crippen LogP contribution in [0.3, 0.4) is 0 Å². The Morgan fingerprint density at radius 2 is 2.21 bits per heavy atom. The van der Waals surface area contributed by atoms with Crippen LogP contribution in [0.4, 0.5) is 5.88 Å². The lowest BCUT2D eigenvalue weighted by molar-refractivity contribution is -0.117. The quantitative estimate of drug-likeness (QED) is 0.604. The molecule has 1 aliphatic rings. The van der Waals surface area contributed by atoms with Crippen LogP contribution in [0.25, 0.3) is 0 Å². The molecule has 0 radical (unpaired) electrons. The Labute approximate surface area is 113 Å². The van der Waals surface area contributed by atoms with E-state index >= 15 is 0 Å². The van der Waals surface area contributed by atoms with Crippen LogP contribution < -0.4 is 4.90 Å². The standard InChI is InChI=1S/C10H10ClNO6S/c1-17-10(14)7-2-3-9(18-7)12-5-6(4-8(12)13)19(11,15)16/h2-3,6H,4-5H2,1H3. The molecule has 2 rings (SSSR count). The summed E-state index contributed by atoms with van der Waals surface area (Å²) in [6, 6.07) is 2.74. The van der Waals surface area contributed by atoms with E-state index in [-0.39, 0.29) is 24.6 Å². The van der Waals surface area contributed by atoms with Gasteiger partial charge >= 0.3 is 5.97 Å². The molecule has 0 aliphatic carbocycles. The topological polar surface area (TPSA) is 93.9 Å². The second kappa shape index (κ2) is 4.86. The van der Waals surface area contributed by atoms with Gasteiger partial charge in [-0.3, -0.25) is 9.69 Å². The summed E-state index contributed by atoms with van der Waals surface area (Å²) in [7, 11) is 2.61. The number of hydrogen-bond acceptors (Lipinski definition) is 6. The lowest BCUT2D eigenvalue weighted by atomic mass is 10.4. The van der Waals surface area contributed by atoms with E-state index in [2.05, 4.69) is 4.74 Å². The number of ether oxygens (including phenoxy) is 1. The molecular formula is C10H10ClNO6S. The Morgan fingerprint density at radius 3 is 2.74 bits per heavy atom. The van der Waals surface area contributed by atoms with Crippen LogP contribution in [0.15, 0.2) is 16.5 Å². The van der Waals surface area contributed by atoms with Crippen molar-refractivity contribution >= 4 is 37.5 Å². The third-order valence-corrected chi connectivity index (χ3v) is 4.60. The number of furan rings is 1. The lowest BCUT2D eigenvalue weighted by Crippen LogP contribution is -2.26. The molecule has 2 heterocycles. The van der Waals surface area contributed by atoms with Gasteiger partial charge < -0.3 is 9.15 Å². The molecule has 0 aromatic carbocycles. The Kier molecular flexibility index (Phi) is 3.55. The van der Waals surface area contributed by atoms with Gasteiger partial charge in [-0.15, -0.1) is 0 Å². The van der Waals surface area contributed by atoms with Crippen LogP contribution in [0, 0.1) is 0 Å². The van der Waals surface area contributed by atoms with Gasteiger partial charge in [-0.25, -0.2) is 13.2 Å². The molecule has 1 amide bonds. The van der Waals surface area contributed by atoms with E-state index in [4.69, 9.17) is 15.1 Å². The highest BCUT2D eigenvalue weighted by Gasteiger charge is 2.39. The minimum absolute atomic E-state index is 0.0671. The van der Waals surface area contributed by atoms with Crippen molar-refractivity contribution in [3.05, 3.63) is 17.9 Å². The van der Waals surface area contributed by atoms with Crippen LogP contribution in [0.2, 0.25) is 0 Å². The van der Waals surface area contributed by atoms with Crippen molar-refractivity contribution < 1.29 is 27.2 Å². The summed E-state index contributed by atoms with van der Waals surface area (Å²) in [5, 5.41) is -0.978. The lowest BCUT2D eigenvalue weighted by Gasteiger charge is -2.11. The summed E-state index contributed by atoms with van der Waals surface area (Å²) in [5.41, 5.74) is 0. The Balaban J connectivity index is 2.21. The molecule has 1 atom stereocenters. The van der Waals surface area contributed by atoms with Crippen LogP contribution in [0.1, 0.15) is 17.0 Å². The molecule has 1 aromatic rings. The summed E-state index contributed by atoms with van der Waals surface area (Å²) < 4.78 is 32.0. The van der Waals surface area contributed by atoms with E-state index < -0.39 is 26.2 Å². The van der Waals surface area contributed by atoms with Crippen molar-refractivity contribution in [3.8, 4) is 0 Å². The maximum Gasteiger partial charge on any atom is 0.374 e. The first-order valence-electron chi connectivity index (χ1n) is 5.25. The molecule has 7 nitrogen and oxygen atoms in total. The normalized spacial score (nSPS) is 19.8. The van der Waals surface area contributed by atoms with E-state index in [9.17, 15) is 18.0 Å². The second-order valence-electron chi connectivity index (χ2n) is 3.94. The van der Waals surface area contributed by atoms with Gasteiger partial charge in [-0.05, 0) is 6.07 Å². The van der Waals surface area contributed by atoms with E-state index in [0.29, 0.717) is 0 Å². The number of nitrogens with zero attached hydrogens (tertiary/aromatic N) is 1. The highest BCUT2D eigenvalue weighted by molar-refractivity contribution is 8.14. The zero-order chi connectivity index (χ0) is 14.2. The van der Waals surface area contributed by atoms with Gasteiger partial charge in [0.2, 0.25) is 26.6 Å². The molecule has 0 spiro atoms. The van der Waals surface area contributed by atoms with Crippen LogP contribution >= 0.6 is 10.7 Å². The highest BCUT2D eigenvalue weighted by atomic mass is 35.7. The molecule has 1 aromatic heterocycles. The van der Waals surface area contributed by atoms with Gasteiger partial charge in [0.05, 0.1) is 7.11 Å². The summed E-state index contributed by atoms with van der Waals surface area (Å²) in [4.78, 5) is 24.1. The molecule has 0 saturated carbocycles. The average Bonchev–Trinajstić information content (AvgIpc) is 2.93. The molecule has 1 aliphatic heterocycles. The Bertz CT molecular complexity index is 622. The van der Waals surface area contributed by atoms with Crippen LogP contribution in [-0.2, 0) is 18.6 Å². The van der Waals surface area contributed by atoms with E-state index in [1.54, 1.807) is 0 Å². The monoisotopic (exact) mass is 307 g/mol. The van der Waals surface area contributed by atoms with E-state index in [1.165, 1.54) is 19.2 Å². The third kappa shape index (κ3) is 2.74. The van der Waals surface area contributed by atoms with Gasteiger partial charge in [0.25, 0.3) is 0 Å². The van der Waals surface area contributed by atoms with Crippen molar-refractivity contribution in [2.45, 2.75) is 11.7 Å². The zero-order valence-electron chi connectivity index (χ0n) is 9.83. The molecule has 1 fully saturated rings. The van der Waals surface area contributed by atoms with E-state index in [0.717, 1.165) is 4.90 Å². The Morgan fingerprint density at radius 1 is 1.53 bits per heavy atom. The van der Waals surface area contributed by atoms with Crippen LogP contribution in [-0.4, -0.2) is 39.2 Å². The molecular weight excluding hydrogens is 298 g/mol. The van der Waals surface area contributed by atoms with Crippen molar-refractivity contribution in [2.24, 2.45) is 0 Å². The smallest absolute Gasteiger partial charge is 0.374 e. The molecule has 1 saturated heterocycles. The van der Waals surface area contributed by atoms with Crippen molar-refractivity contribution in [3.63, 3.8) is 0 Å². The second-order valence-corrected chi connectivity index (χ2v) is 6.84. The minimum atomic E-state index is -3.81. The first kappa shape index (κ1) is 13.9. The highest BCUT2D eigenvalue weighted by Crippen LogP contribution is 2.28. The summed E-state index contributed by atoms with van der Waals surface area (Å²) >= 11 is 0. The van der Waals surface area contributed by atoms with Crippen molar-refractivity contribution in [2.75, 3.05) is 18.6 Å². The fourth-order valence-electron chi connectivity index (χ4n) is 1.76. The minimum Gasteiger partial charge on any atom is -0.463 e. The molecule has 104 valence electrons. The summed E-state index contributed by atoms with van der Waals surface area (Å²) in [6.07, 6.45) is -0.208. The van der Waals surface area contributed by atoms with Gasteiger partial charge in [-0.1, -0.05) is 0 Å². The maximum atomic E-state index is 11.7. The number of carbonyl (C=O) groups excluding carboxylic acids is 2. The predicted molar refractivity (Wildman–Crippen MR) is 65.6 cm³/mol. The number of esters is 1. The summed E-state index contributed by atoms with van der Waals surface area (Å²) in [5.74, 6) is -1.09. The molecule has 0 bridgehead atoms. The molecule has 19 heavy (non-hydrogen) atoms. The molecule has 1 unspecified atom stereocenters. The Hall–Kier alpha value is -1.54. The number of rotatable bonds is 3. The van der Waals surface area contributed by atoms with Crippen molar-refractivity contribution in [1.82, 2.24) is 0 Å². The SMILES string of the molecule is COC(=O)c1ccc(N2CC(S(=O)(=O)Cl)CC2=O)o1. The maximum absolute atomic E-state index is 11.7. The number of amides is 1. The zero-order valence-corrected chi connectivity index (χ0v) is 11.4. The van der Waals surface area contributed by atoms with Gasteiger partial charge in [0, 0.05) is 29.7 Å². The first-order chi connectivity index (χ1) is 8.82. The summed E-state index contributed by atoms with van der Waals surface area (Å²) in [6.45, 7) is -0.0984. The van der Waals surface area contributed by atoms with E-state index in [1.807, 2.05) is 0 Å². The van der Waals surface area contributed by atoms with Crippen LogP contribution in [0.5, 0.6) is 0 Å². The number of anilines is 1. The fraction of sp³-hybridized carbons (Fsp3) is 0.400. The number of methoxy groups -OCH3 is 1. The van der Waals surface area contributed by atoms with Gasteiger partial charge in [0.1, 0.15) is 5.25 Å². The third-order valence-electron chi connectivity index (χ3n) is 2.73. The number of hydrogen-bond donors (Lipinski definition) is 0. The first-order valence-corrected chi connectivity index (χ1v) is 7.62. The number of carbonyl (C=O) groups is 2. The number of halogens is 1. The predicted octanol–water partition coefficient (Wildman–Crippen LogP) is 0.740. The molecule has 9 heteroatoms. The average molecular weight is 308 g/mol. The van der Waals surface area contributed by atoms with Gasteiger partial charge in [-0.2, -0.15) is 0 Å². The fourth-order valence-corrected chi connectivity index (χ4v) is 2.79.